The number of ether oxygens (including phenoxy) is 1. The van der Waals surface area contributed by atoms with Crippen molar-refractivity contribution in [1.29, 1.82) is 0 Å². The summed E-state index contributed by atoms with van der Waals surface area (Å²) in [7, 11) is -1.08. The molecule has 7 heteroatoms. The van der Waals surface area contributed by atoms with Gasteiger partial charge in [0.05, 0.1) is 11.7 Å². The molecule has 0 fully saturated rings. The number of rotatable bonds is 7. The third-order valence-corrected chi connectivity index (χ3v) is 6.23. The van der Waals surface area contributed by atoms with Gasteiger partial charge >= 0.3 is 0 Å². The van der Waals surface area contributed by atoms with Gasteiger partial charge in [0.1, 0.15) is 12.4 Å². The van der Waals surface area contributed by atoms with Crippen molar-refractivity contribution in [3.05, 3.63) is 52.0 Å². The summed E-state index contributed by atoms with van der Waals surface area (Å²) in [4.78, 5) is 0. The molecule has 0 N–H and O–H groups in total. The molecule has 5 nitrogen and oxygen atoms in total. The number of benzene rings is 1. The Morgan fingerprint density at radius 1 is 1.24 bits per heavy atom. The number of fused-ring (bicyclic) bond motifs is 1. The highest BCUT2D eigenvalue weighted by molar-refractivity contribution is 14.1. The van der Waals surface area contributed by atoms with Crippen molar-refractivity contribution < 1.29 is 4.74 Å². The van der Waals surface area contributed by atoms with Gasteiger partial charge < -0.3 is 4.74 Å². The van der Waals surface area contributed by atoms with Crippen LogP contribution in [0.1, 0.15) is 5.69 Å². The summed E-state index contributed by atoms with van der Waals surface area (Å²) in [5.41, 5.74) is 1.93. The summed E-state index contributed by atoms with van der Waals surface area (Å²) in [5, 5.41) is 10.2. The van der Waals surface area contributed by atoms with Gasteiger partial charge in [-0.3, -0.25) is 0 Å². The Bertz CT molecular complexity index is 865. The normalized spacial score (nSPS) is 12.5. The van der Waals surface area contributed by atoms with Crippen molar-refractivity contribution >= 4 is 47.8 Å². The Hall–Kier alpha value is -1.45. The Labute approximate surface area is 162 Å². The maximum absolute atomic E-state index is 5.89. The standard InChI is InChI=1S/C18H23IN4OSi/c1-25(2,3)11-10-24-14-23-18-12-15(19)6-7-16(18)17(21-23)13-20-22-8-4-5-9-22/h4-9,12-13H,10-11,14H2,1-3H3. The number of aromatic nitrogens is 3. The van der Waals surface area contributed by atoms with E-state index < -0.39 is 8.07 Å². The molecule has 2 heterocycles. The van der Waals surface area contributed by atoms with Crippen LogP contribution in [-0.4, -0.2) is 35.4 Å². The summed E-state index contributed by atoms with van der Waals surface area (Å²) < 4.78 is 10.8. The minimum atomic E-state index is -1.08. The van der Waals surface area contributed by atoms with E-state index >= 15 is 0 Å². The monoisotopic (exact) mass is 466 g/mol. The molecule has 0 saturated carbocycles. The molecule has 0 radical (unpaired) electrons. The largest absolute Gasteiger partial charge is 0.360 e. The quantitative estimate of drug-likeness (QED) is 0.221. The van der Waals surface area contributed by atoms with Crippen LogP contribution in [0.2, 0.25) is 25.7 Å². The minimum absolute atomic E-state index is 0.471. The number of hydrogen-bond donors (Lipinski definition) is 0. The molecule has 0 amide bonds. The molecule has 0 spiro atoms. The van der Waals surface area contributed by atoms with Gasteiger partial charge in [-0.15, -0.1) is 0 Å². The Morgan fingerprint density at radius 3 is 2.72 bits per heavy atom. The zero-order valence-corrected chi connectivity index (χ0v) is 18.0. The summed E-state index contributed by atoms with van der Waals surface area (Å²) in [6.07, 6.45) is 5.60. The van der Waals surface area contributed by atoms with Gasteiger partial charge in [-0.05, 0) is 59.0 Å². The van der Waals surface area contributed by atoms with Gasteiger partial charge in [0, 0.05) is 36.0 Å². The summed E-state index contributed by atoms with van der Waals surface area (Å²) in [6.45, 7) is 8.33. The average Bonchev–Trinajstić information content (AvgIpc) is 3.16. The fourth-order valence-corrected chi connectivity index (χ4v) is 3.65. The van der Waals surface area contributed by atoms with Gasteiger partial charge in [-0.1, -0.05) is 19.6 Å². The van der Waals surface area contributed by atoms with Crippen molar-refractivity contribution in [3.63, 3.8) is 0 Å². The minimum Gasteiger partial charge on any atom is -0.360 e. The average molecular weight is 466 g/mol. The van der Waals surface area contributed by atoms with E-state index in [-0.39, 0.29) is 0 Å². The molecule has 132 valence electrons. The zero-order valence-electron chi connectivity index (χ0n) is 14.8. The van der Waals surface area contributed by atoms with Crippen molar-refractivity contribution in [3.8, 4) is 0 Å². The number of halogens is 1. The SMILES string of the molecule is C[Si](C)(C)CCOCn1nc(C=Nn2cccc2)c2ccc(I)cc21. The van der Waals surface area contributed by atoms with Crippen LogP contribution in [0.3, 0.4) is 0 Å². The third-order valence-electron chi connectivity index (χ3n) is 3.85. The first-order valence-corrected chi connectivity index (χ1v) is 13.1. The molecule has 3 rings (SSSR count). The molecule has 0 aliphatic carbocycles. The molecule has 0 aliphatic heterocycles. The molecule has 25 heavy (non-hydrogen) atoms. The topological polar surface area (TPSA) is 44.3 Å². The number of hydrogen-bond acceptors (Lipinski definition) is 3. The molecule has 0 saturated heterocycles. The maximum atomic E-state index is 5.89. The van der Waals surface area contributed by atoms with Gasteiger partial charge in [-0.2, -0.15) is 10.2 Å². The Morgan fingerprint density at radius 2 is 2.00 bits per heavy atom. The van der Waals surface area contributed by atoms with Crippen molar-refractivity contribution in [2.45, 2.75) is 32.4 Å². The van der Waals surface area contributed by atoms with E-state index in [0.29, 0.717) is 6.73 Å². The van der Waals surface area contributed by atoms with E-state index in [0.717, 1.165) is 29.2 Å². The molecule has 0 atom stereocenters. The zero-order chi connectivity index (χ0) is 17.9. The summed E-state index contributed by atoms with van der Waals surface area (Å²) in [6, 6.07) is 11.4. The molecule has 1 aromatic carbocycles. The second-order valence-electron chi connectivity index (χ2n) is 7.20. The van der Waals surface area contributed by atoms with Crippen molar-refractivity contribution in [1.82, 2.24) is 14.5 Å². The van der Waals surface area contributed by atoms with Gasteiger partial charge in [0.25, 0.3) is 0 Å². The van der Waals surface area contributed by atoms with Crippen LogP contribution in [-0.2, 0) is 11.5 Å². The first-order chi connectivity index (χ1) is 11.9. The van der Waals surface area contributed by atoms with Crippen LogP contribution >= 0.6 is 22.6 Å². The van der Waals surface area contributed by atoms with E-state index in [1.165, 1.54) is 3.57 Å². The maximum Gasteiger partial charge on any atom is 0.140 e. The van der Waals surface area contributed by atoms with Crippen LogP contribution in [0.5, 0.6) is 0 Å². The predicted octanol–water partition coefficient (Wildman–Crippen LogP) is 4.64. The highest BCUT2D eigenvalue weighted by Crippen LogP contribution is 2.21. The van der Waals surface area contributed by atoms with Crippen LogP contribution in [0.4, 0.5) is 0 Å². The lowest BCUT2D eigenvalue weighted by Crippen LogP contribution is -2.22. The molecule has 0 aliphatic rings. The lowest BCUT2D eigenvalue weighted by molar-refractivity contribution is 0.0816. The van der Waals surface area contributed by atoms with Crippen LogP contribution in [0.15, 0.2) is 47.8 Å². The molecular formula is C18H23IN4OSi. The lowest BCUT2D eigenvalue weighted by Gasteiger charge is -2.15. The highest BCUT2D eigenvalue weighted by atomic mass is 127. The van der Waals surface area contributed by atoms with E-state index in [4.69, 9.17) is 9.84 Å². The summed E-state index contributed by atoms with van der Waals surface area (Å²) >= 11 is 2.33. The van der Waals surface area contributed by atoms with Crippen LogP contribution in [0, 0.1) is 3.57 Å². The molecule has 3 aromatic rings. The predicted molar refractivity (Wildman–Crippen MR) is 114 cm³/mol. The van der Waals surface area contributed by atoms with Gasteiger partial charge in [0.15, 0.2) is 0 Å². The van der Waals surface area contributed by atoms with E-state index in [1.54, 1.807) is 10.9 Å². The molecule has 2 aromatic heterocycles. The molecule has 0 bridgehead atoms. The molecule has 0 unspecified atom stereocenters. The fraction of sp³-hybridized carbons (Fsp3) is 0.333. The highest BCUT2D eigenvalue weighted by Gasteiger charge is 2.13. The second kappa shape index (κ2) is 7.84. The molecular weight excluding hydrogens is 443 g/mol. The number of nitrogens with zero attached hydrogens (tertiary/aromatic N) is 4. The second-order valence-corrected chi connectivity index (χ2v) is 14.1. The lowest BCUT2D eigenvalue weighted by atomic mass is 10.2. The first-order valence-electron chi connectivity index (χ1n) is 8.33. The van der Waals surface area contributed by atoms with Crippen LogP contribution < -0.4 is 0 Å². The van der Waals surface area contributed by atoms with Crippen molar-refractivity contribution in [2.24, 2.45) is 5.10 Å². The van der Waals surface area contributed by atoms with Gasteiger partial charge in [0.2, 0.25) is 0 Å². The van der Waals surface area contributed by atoms with Crippen molar-refractivity contribution in [2.75, 3.05) is 6.61 Å². The smallest absolute Gasteiger partial charge is 0.140 e. The van der Waals surface area contributed by atoms with Gasteiger partial charge in [-0.25, -0.2) is 9.36 Å². The van der Waals surface area contributed by atoms with E-state index in [9.17, 15) is 0 Å². The third kappa shape index (κ3) is 5.02. The fourth-order valence-electron chi connectivity index (χ4n) is 2.42. The first kappa shape index (κ1) is 18.3. The van der Waals surface area contributed by atoms with Crippen LogP contribution in [0.25, 0.3) is 10.9 Å². The Kier molecular flexibility index (Phi) is 5.75. The summed E-state index contributed by atoms with van der Waals surface area (Å²) in [5.74, 6) is 0. The van der Waals surface area contributed by atoms with E-state index in [1.807, 2.05) is 29.2 Å². The van der Waals surface area contributed by atoms with E-state index in [2.05, 4.69) is 65.5 Å². The Balaban J connectivity index is 1.81.